The Bertz CT molecular complexity index is 1430. The highest BCUT2D eigenvalue weighted by Gasteiger charge is 2.72. The van der Waals surface area contributed by atoms with Crippen LogP contribution in [0, 0.1) is 30.6 Å². The average Bonchev–Trinajstić information content (AvgIpc) is 3.67. The van der Waals surface area contributed by atoms with Gasteiger partial charge in [-0.3, -0.25) is 19.3 Å². The largest absolute Gasteiger partial charge is 0.359 e. The number of ether oxygens (including phenoxy) is 1. The first-order valence-corrected chi connectivity index (χ1v) is 16.8. The number of nitrogens with zero attached hydrogens (tertiary/aromatic N) is 2. The molecule has 8 atom stereocenters. The first-order valence-electron chi connectivity index (χ1n) is 16.8. The summed E-state index contributed by atoms with van der Waals surface area (Å²) in [5.41, 5.74) is 1.82. The van der Waals surface area contributed by atoms with Gasteiger partial charge in [-0.25, -0.2) is 0 Å². The van der Waals surface area contributed by atoms with Gasteiger partial charge in [-0.05, 0) is 61.4 Å². The minimum atomic E-state index is -1.15. The van der Waals surface area contributed by atoms with Gasteiger partial charge in [-0.1, -0.05) is 88.2 Å². The van der Waals surface area contributed by atoms with Crippen LogP contribution in [-0.4, -0.2) is 70.9 Å². The number of amides is 3. The van der Waals surface area contributed by atoms with Crippen LogP contribution in [0.25, 0.3) is 0 Å². The molecule has 1 saturated carbocycles. The number of hydrogen-bond acceptors (Lipinski definition) is 5. The maximum Gasteiger partial charge on any atom is 0.246 e. The van der Waals surface area contributed by atoms with Gasteiger partial charge >= 0.3 is 0 Å². The van der Waals surface area contributed by atoms with Crippen LogP contribution in [0.4, 0.5) is 5.69 Å². The Kier molecular flexibility index (Phi) is 9.16. The van der Waals surface area contributed by atoms with Crippen molar-refractivity contribution in [3.05, 3.63) is 77.9 Å². The summed E-state index contributed by atoms with van der Waals surface area (Å²) in [7, 11) is 0. The van der Waals surface area contributed by atoms with Gasteiger partial charge in [0.05, 0.1) is 17.9 Å². The second-order valence-electron chi connectivity index (χ2n) is 13.7. The van der Waals surface area contributed by atoms with E-state index in [1.54, 1.807) is 4.90 Å². The van der Waals surface area contributed by atoms with Gasteiger partial charge in [0.1, 0.15) is 11.6 Å². The van der Waals surface area contributed by atoms with E-state index in [4.69, 9.17) is 4.74 Å². The number of carbonyl (C=O) groups is 3. The second kappa shape index (κ2) is 13.1. The number of fused-ring (bicyclic) bond motifs is 1. The van der Waals surface area contributed by atoms with E-state index in [2.05, 4.69) is 60.6 Å². The fourth-order valence-electron chi connectivity index (χ4n) is 8.16. The molecule has 4 aliphatic rings. The Hall–Kier alpha value is -3.49. The van der Waals surface area contributed by atoms with E-state index in [1.165, 1.54) is 5.56 Å². The molecule has 3 amide bonds. The number of rotatable bonds is 11. The van der Waals surface area contributed by atoms with Crippen LogP contribution in [0.15, 0.2) is 66.7 Å². The SMILES string of the molecule is CCN(CCCN1C(=O)[C@@H]2[C@H](C(=O)Nc3cccc(C)c3)[C@@H]3C=C[C@@]2(O3)[C@@H]1C(=O)N[C@@H]1CCC[C@H](C)[C@@H]1C)Cc1ccccc1. The molecule has 2 saturated heterocycles. The van der Waals surface area contributed by atoms with E-state index in [-0.39, 0.29) is 23.8 Å². The summed E-state index contributed by atoms with van der Waals surface area (Å²) in [6.07, 6.45) is 7.13. The van der Waals surface area contributed by atoms with Crippen molar-refractivity contribution in [2.45, 2.75) is 83.7 Å². The van der Waals surface area contributed by atoms with E-state index in [0.717, 1.165) is 44.5 Å². The molecule has 0 aromatic heterocycles. The third-order valence-electron chi connectivity index (χ3n) is 10.8. The predicted octanol–water partition coefficient (Wildman–Crippen LogP) is 4.94. The smallest absolute Gasteiger partial charge is 0.246 e. The molecule has 1 spiro atoms. The molecule has 6 rings (SSSR count). The molecule has 2 aromatic carbocycles. The number of benzene rings is 2. The Morgan fingerprint density at radius 1 is 1.07 bits per heavy atom. The van der Waals surface area contributed by atoms with Gasteiger partial charge in [0.2, 0.25) is 17.7 Å². The van der Waals surface area contributed by atoms with Crippen LogP contribution in [0.5, 0.6) is 0 Å². The monoisotopic (exact) mass is 612 g/mol. The van der Waals surface area contributed by atoms with Gasteiger partial charge in [0, 0.05) is 31.4 Å². The average molecular weight is 613 g/mol. The summed E-state index contributed by atoms with van der Waals surface area (Å²) in [5, 5.41) is 6.39. The van der Waals surface area contributed by atoms with Crippen molar-refractivity contribution in [3.63, 3.8) is 0 Å². The van der Waals surface area contributed by atoms with Gasteiger partial charge in [-0.15, -0.1) is 0 Å². The predicted molar refractivity (Wildman–Crippen MR) is 175 cm³/mol. The summed E-state index contributed by atoms with van der Waals surface area (Å²) in [4.78, 5) is 46.6. The van der Waals surface area contributed by atoms with Gasteiger partial charge < -0.3 is 20.3 Å². The zero-order valence-corrected chi connectivity index (χ0v) is 27.1. The first-order chi connectivity index (χ1) is 21.7. The van der Waals surface area contributed by atoms with Gasteiger partial charge in [0.15, 0.2) is 0 Å². The Balaban J connectivity index is 1.24. The molecule has 8 nitrogen and oxygen atoms in total. The van der Waals surface area contributed by atoms with E-state index < -0.39 is 29.6 Å². The van der Waals surface area contributed by atoms with E-state index in [0.29, 0.717) is 30.5 Å². The number of carbonyl (C=O) groups excluding carboxylic acids is 3. The molecule has 2 aromatic rings. The van der Waals surface area contributed by atoms with E-state index >= 15 is 0 Å². The lowest BCUT2D eigenvalue weighted by Gasteiger charge is -2.38. The molecule has 2 bridgehead atoms. The van der Waals surface area contributed by atoms with Crippen LogP contribution in [0.2, 0.25) is 0 Å². The molecular weight excluding hydrogens is 564 g/mol. The number of hydrogen-bond donors (Lipinski definition) is 2. The molecule has 3 heterocycles. The van der Waals surface area contributed by atoms with Crippen LogP contribution in [0.1, 0.15) is 57.6 Å². The third kappa shape index (κ3) is 6.07. The second-order valence-corrected chi connectivity index (χ2v) is 13.7. The normalized spacial score (nSPS) is 31.8. The third-order valence-corrected chi connectivity index (χ3v) is 10.8. The molecule has 2 N–H and O–H groups in total. The lowest BCUT2D eigenvalue weighted by atomic mass is 9.73. The van der Waals surface area contributed by atoms with E-state index in [9.17, 15) is 14.4 Å². The molecule has 8 heteroatoms. The van der Waals surface area contributed by atoms with Crippen molar-refractivity contribution in [1.29, 1.82) is 0 Å². The quantitative estimate of drug-likeness (QED) is 0.351. The minimum absolute atomic E-state index is 0.0538. The summed E-state index contributed by atoms with van der Waals surface area (Å²) < 4.78 is 6.57. The molecule has 0 unspecified atom stereocenters. The van der Waals surface area contributed by atoms with Crippen molar-refractivity contribution in [3.8, 4) is 0 Å². The number of anilines is 1. The van der Waals surface area contributed by atoms with Crippen molar-refractivity contribution in [1.82, 2.24) is 15.1 Å². The first kappa shape index (κ1) is 31.5. The number of nitrogens with one attached hydrogen (secondary N) is 2. The maximum atomic E-state index is 14.4. The topological polar surface area (TPSA) is 91.0 Å². The van der Waals surface area contributed by atoms with Gasteiger partial charge in [-0.2, -0.15) is 0 Å². The molecule has 45 heavy (non-hydrogen) atoms. The summed E-state index contributed by atoms with van der Waals surface area (Å²) in [6, 6.07) is 17.3. The molecule has 3 fully saturated rings. The lowest BCUT2D eigenvalue weighted by Crippen LogP contribution is -2.58. The zero-order chi connectivity index (χ0) is 31.7. The maximum absolute atomic E-state index is 14.4. The Morgan fingerprint density at radius 3 is 2.62 bits per heavy atom. The standard InChI is InChI=1S/C37H48N4O4/c1-5-40(23-27-14-7-6-8-15-27)20-11-21-41-33(35(43)39-29-17-10-13-25(3)26(29)4)37-19-18-30(45-37)31(32(37)36(41)44)34(42)38-28-16-9-12-24(2)22-28/h6-9,12,14-16,18-19,22,25-26,29-33H,5,10-11,13,17,20-21,23H2,1-4H3,(H,38,42)(H,39,43)/t25-,26-,29+,30-,31+,32-,33-,37-/m0/s1. The highest BCUT2D eigenvalue weighted by Crippen LogP contribution is 2.55. The fourth-order valence-corrected chi connectivity index (χ4v) is 8.16. The lowest BCUT2D eigenvalue weighted by molar-refractivity contribution is -0.141. The summed E-state index contributed by atoms with van der Waals surface area (Å²) in [5.74, 6) is -1.16. The number of likely N-dealkylation sites (tertiary alicyclic amines) is 1. The van der Waals surface area contributed by atoms with E-state index in [1.807, 2.05) is 49.4 Å². The Labute approximate surface area is 267 Å². The molecule has 240 valence electrons. The molecule has 3 aliphatic heterocycles. The molecular formula is C37H48N4O4. The van der Waals surface area contributed by atoms with Crippen molar-refractivity contribution in [2.24, 2.45) is 23.7 Å². The minimum Gasteiger partial charge on any atom is -0.359 e. The van der Waals surface area contributed by atoms with Crippen molar-refractivity contribution in [2.75, 3.05) is 25.0 Å². The van der Waals surface area contributed by atoms with Gasteiger partial charge in [0.25, 0.3) is 0 Å². The van der Waals surface area contributed by atoms with Crippen molar-refractivity contribution >= 4 is 23.4 Å². The fraction of sp³-hybridized carbons (Fsp3) is 0.541. The summed E-state index contributed by atoms with van der Waals surface area (Å²) in [6.45, 7) is 11.5. The Morgan fingerprint density at radius 2 is 1.87 bits per heavy atom. The van der Waals surface area contributed by atoms with Crippen LogP contribution < -0.4 is 10.6 Å². The molecule has 0 radical (unpaired) electrons. The van der Waals surface area contributed by atoms with Crippen LogP contribution >= 0.6 is 0 Å². The van der Waals surface area contributed by atoms with Crippen LogP contribution in [-0.2, 0) is 25.7 Å². The summed E-state index contributed by atoms with van der Waals surface area (Å²) >= 11 is 0. The zero-order valence-electron chi connectivity index (χ0n) is 27.1. The van der Waals surface area contributed by atoms with Crippen LogP contribution in [0.3, 0.4) is 0 Å². The number of aryl methyl sites for hydroxylation is 1. The molecule has 1 aliphatic carbocycles. The van der Waals surface area contributed by atoms with Crippen molar-refractivity contribution < 1.29 is 19.1 Å². The highest BCUT2D eigenvalue weighted by atomic mass is 16.5. The highest BCUT2D eigenvalue weighted by molar-refractivity contribution is 6.02.